The van der Waals surface area contributed by atoms with E-state index in [2.05, 4.69) is 21.2 Å². The molecule has 1 aliphatic heterocycles. The van der Waals surface area contributed by atoms with Crippen LogP contribution >= 0.6 is 27.5 Å². The molecule has 0 radical (unpaired) electrons. The third-order valence-electron chi connectivity index (χ3n) is 2.69. The van der Waals surface area contributed by atoms with Gasteiger partial charge in [-0.3, -0.25) is 0 Å². The number of alkyl carbamates (subject to hydrolysis) is 1. The predicted molar refractivity (Wildman–Crippen MR) is 81.5 cm³/mol. The Hall–Kier alpha value is -0.940. The number of rotatable bonds is 2. The molecule has 1 amide bonds. The average molecular weight is 363 g/mol. The Balaban J connectivity index is 1.89. The normalized spacial score (nSPS) is 17.4. The first-order valence-electron chi connectivity index (χ1n) is 6.36. The minimum atomic E-state index is -0.502. The second kappa shape index (κ2) is 5.82. The summed E-state index contributed by atoms with van der Waals surface area (Å²) >= 11 is 9.52. The molecule has 0 spiro atoms. The van der Waals surface area contributed by atoms with E-state index in [1.54, 1.807) is 6.07 Å². The van der Waals surface area contributed by atoms with Crippen LogP contribution < -0.4 is 10.1 Å². The van der Waals surface area contributed by atoms with Gasteiger partial charge in [-0.15, -0.1) is 0 Å². The lowest BCUT2D eigenvalue weighted by molar-refractivity contribution is 0.0506. The Morgan fingerprint density at radius 1 is 1.55 bits per heavy atom. The van der Waals surface area contributed by atoms with Crippen molar-refractivity contribution in [2.75, 3.05) is 6.54 Å². The summed E-state index contributed by atoms with van der Waals surface area (Å²) in [6, 6.07) is 3.78. The van der Waals surface area contributed by atoms with E-state index in [1.165, 1.54) is 0 Å². The summed E-state index contributed by atoms with van der Waals surface area (Å²) in [6.07, 6.45) is 0.151. The Labute approximate surface area is 131 Å². The molecule has 1 N–H and O–H groups in total. The first kappa shape index (κ1) is 15.4. The maximum atomic E-state index is 11.6. The fourth-order valence-electron chi connectivity index (χ4n) is 1.98. The summed E-state index contributed by atoms with van der Waals surface area (Å²) in [6.45, 7) is 5.86. The molecule has 0 aliphatic carbocycles. The molecule has 1 aromatic rings. The van der Waals surface area contributed by atoms with Crippen LogP contribution in [0.25, 0.3) is 0 Å². The molecule has 0 fully saturated rings. The lowest BCUT2D eigenvalue weighted by Crippen LogP contribution is -2.38. The Morgan fingerprint density at radius 3 is 2.90 bits per heavy atom. The molecule has 0 aromatic heterocycles. The van der Waals surface area contributed by atoms with Crippen molar-refractivity contribution in [3.8, 4) is 5.75 Å². The summed E-state index contributed by atoms with van der Waals surface area (Å²) < 4.78 is 11.9. The Kier molecular flexibility index (Phi) is 4.49. The molecule has 110 valence electrons. The van der Waals surface area contributed by atoms with Crippen LogP contribution in [0.3, 0.4) is 0 Å². The zero-order valence-electron chi connectivity index (χ0n) is 11.6. The van der Waals surface area contributed by atoms with Crippen LogP contribution in [0.2, 0.25) is 5.02 Å². The summed E-state index contributed by atoms with van der Waals surface area (Å²) in [5, 5.41) is 3.29. The van der Waals surface area contributed by atoms with E-state index in [4.69, 9.17) is 21.1 Å². The molecule has 1 heterocycles. The number of carbonyl (C=O) groups excluding carboxylic acids is 1. The van der Waals surface area contributed by atoms with E-state index in [9.17, 15) is 4.79 Å². The molecular weight excluding hydrogens is 346 g/mol. The number of amides is 1. The molecule has 2 rings (SSSR count). The van der Waals surface area contributed by atoms with Crippen molar-refractivity contribution in [3.05, 3.63) is 27.2 Å². The molecule has 0 bridgehead atoms. The van der Waals surface area contributed by atoms with E-state index in [0.29, 0.717) is 23.7 Å². The Bertz CT molecular complexity index is 528. The summed E-state index contributed by atoms with van der Waals surface area (Å²) in [5.74, 6) is 0.700. The molecule has 20 heavy (non-hydrogen) atoms. The zero-order chi connectivity index (χ0) is 14.9. The van der Waals surface area contributed by atoms with Crippen molar-refractivity contribution in [1.29, 1.82) is 0 Å². The summed E-state index contributed by atoms with van der Waals surface area (Å²) in [5.41, 5.74) is 0.540. The molecule has 0 saturated carbocycles. The standard InChI is InChI=1S/C14H17BrClNO3/c1-14(2,3)20-13(18)17-7-10-5-8-4-9(15)6-11(16)12(8)19-10/h4,6,10H,5,7H2,1-3H3,(H,17,18). The molecule has 6 heteroatoms. The van der Waals surface area contributed by atoms with Gasteiger partial charge in [-0.1, -0.05) is 27.5 Å². The zero-order valence-corrected chi connectivity index (χ0v) is 14.0. The maximum Gasteiger partial charge on any atom is 0.407 e. The van der Waals surface area contributed by atoms with Crippen molar-refractivity contribution in [2.24, 2.45) is 0 Å². The van der Waals surface area contributed by atoms with Crippen molar-refractivity contribution >= 4 is 33.6 Å². The van der Waals surface area contributed by atoms with Gasteiger partial charge in [0.05, 0.1) is 11.6 Å². The highest BCUT2D eigenvalue weighted by Crippen LogP contribution is 2.38. The van der Waals surface area contributed by atoms with E-state index in [-0.39, 0.29) is 6.10 Å². The Morgan fingerprint density at radius 2 is 2.25 bits per heavy atom. The second-order valence-electron chi connectivity index (χ2n) is 5.70. The van der Waals surface area contributed by atoms with E-state index in [0.717, 1.165) is 10.0 Å². The fourth-order valence-corrected chi connectivity index (χ4v) is 2.90. The van der Waals surface area contributed by atoms with Gasteiger partial charge < -0.3 is 14.8 Å². The minimum absolute atomic E-state index is 0.121. The van der Waals surface area contributed by atoms with Crippen molar-refractivity contribution in [3.63, 3.8) is 0 Å². The summed E-state index contributed by atoms with van der Waals surface area (Å²) in [7, 11) is 0. The average Bonchev–Trinajstić information content (AvgIpc) is 2.67. The van der Waals surface area contributed by atoms with Gasteiger partial charge in [-0.05, 0) is 32.9 Å². The second-order valence-corrected chi connectivity index (χ2v) is 7.03. The summed E-state index contributed by atoms with van der Waals surface area (Å²) in [4.78, 5) is 11.6. The number of hydrogen-bond donors (Lipinski definition) is 1. The molecule has 0 saturated heterocycles. The fraction of sp³-hybridized carbons (Fsp3) is 0.500. The third kappa shape index (κ3) is 4.03. The molecule has 4 nitrogen and oxygen atoms in total. The van der Waals surface area contributed by atoms with Gasteiger partial charge in [0.2, 0.25) is 0 Å². The van der Waals surface area contributed by atoms with Gasteiger partial charge in [0.15, 0.2) is 0 Å². The van der Waals surface area contributed by atoms with Crippen LogP contribution in [0.4, 0.5) is 4.79 Å². The van der Waals surface area contributed by atoms with Crippen molar-refractivity contribution in [2.45, 2.75) is 38.9 Å². The predicted octanol–water partition coefficient (Wildman–Crippen LogP) is 3.93. The number of ether oxygens (including phenoxy) is 2. The smallest absolute Gasteiger partial charge is 0.407 e. The van der Waals surface area contributed by atoms with E-state index < -0.39 is 11.7 Å². The lowest BCUT2D eigenvalue weighted by Gasteiger charge is -2.20. The SMILES string of the molecule is CC(C)(C)OC(=O)NCC1Cc2cc(Br)cc(Cl)c2O1. The molecular formula is C14H17BrClNO3. The highest BCUT2D eigenvalue weighted by atomic mass is 79.9. The van der Waals surface area contributed by atoms with Crippen molar-refractivity contribution < 1.29 is 14.3 Å². The topological polar surface area (TPSA) is 47.6 Å². The number of benzene rings is 1. The number of carbonyl (C=O) groups is 1. The van der Waals surface area contributed by atoms with Crippen LogP contribution in [0.5, 0.6) is 5.75 Å². The highest BCUT2D eigenvalue weighted by molar-refractivity contribution is 9.10. The van der Waals surface area contributed by atoms with Gasteiger partial charge in [-0.25, -0.2) is 4.79 Å². The first-order chi connectivity index (χ1) is 9.24. The molecule has 1 unspecified atom stereocenters. The number of nitrogens with one attached hydrogen (secondary N) is 1. The minimum Gasteiger partial charge on any atom is -0.486 e. The first-order valence-corrected chi connectivity index (χ1v) is 7.53. The monoisotopic (exact) mass is 361 g/mol. The molecule has 1 aromatic carbocycles. The number of hydrogen-bond acceptors (Lipinski definition) is 3. The van der Waals surface area contributed by atoms with Crippen LogP contribution in [0.1, 0.15) is 26.3 Å². The van der Waals surface area contributed by atoms with Gasteiger partial charge in [0.25, 0.3) is 0 Å². The highest BCUT2D eigenvalue weighted by Gasteiger charge is 2.26. The van der Waals surface area contributed by atoms with Crippen molar-refractivity contribution in [1.82, 2.24) is 5.32 Å². The quantitative estimate of drug-likeness (QED) is 0.867. The van der Waals surface area contributed by atoms with E-state index >= 15 is 0 Å². The third-order valence-corrected chi connectivity index (χ3v) is 3.43. The largest absolute Gasteiger partial charge is 0.486 e. The van der Waals surface area contributed by atoms with Gasteiger partial charge >= 0.3 is 6.09 Å². The molecule has 1 atom stereocenters. The number of halogens is 2. The van der Waals surface area contributed by atoms with Crippen LogP contribution in [0, 0.1) is 0 Å². The van der Waals surface area contributed by atoms with Crippen LogP contribution in [-0.2, 0) is 11.2 Å². The van der Waals surface area contributed by atoms with E-state index in [1.807, 2.05) is 26.8 Å². The lowest BCUT2D eigenvalue weighted by atomic mass is 10.1. The van der Waals surface area contributed by atoms with Gasteiger partial charge in [-0.2, -0.15) is 0 Å². The van der Waals surface area contributed by atoms with Gasteiger partial charge in [0, 0.05) is 16.5 Å². The van der Waals surface area contributed by atoms with Gasteiger partial charge in [0.1, 0.15) is 17.5 Å². The number of fused-ring (bicyclic) bond motifs is 1. The van der Waals surface area contributed by atoms with Crippen LogP contribution in [-0.4, -0.2) is 24.3 Å². The maximum absolute atomic E-state index is 11.6. The van der Waals surface area contributed by atoms with Crippen LogP contribution in [0.15, 0.2) is 16.6 Å². The molecule has 1 aliphatic rings.